The molecule has 0 saturated heterocycles. The second kappa shape index (κ2) is 10.0. The lowest BCUT2D eigenvalue weighted by Gasteiger charge is -2.23. The summed E-state index contributed by atoms with van der Waals surface area (Å²) in [5.74, 6) is -0.0105. The van der Waals surface area contributed by atoms with Crippen molar-refractivity contribution in [2.75, 3.05) is 24.6 Å². The van der Waals surface area contributed by atoms with Crippen LogP contribution in [0.3, 0.4) is 0 Å². The number of amides is 2. The van der Waals surface area contributed by atoms with Gasteiger partial charge in [0.05, 0.1) is 13.2 Å². The largest absolute Gasteiger partial charge is 0.367 e. The van der Waals surface area contributed by atoms with Gasteiger partial charge in [-0.3, -0.25) is 9.59 Å². The molecule has 170 valence electrons. The van der Waals surface area contributed by atoms with Gasteiger partial charge in [0.25, 0.3) is 11.8 Å². The topological polar surface area (TPSA) is 49.9 Å². The van der Waals surface area contributed by atoms with Gasteiger partial charge in [-0.05, 0) is 61.7 Å². The van der Waals surface area contributed by atoms with Crippen molar-refractivity contribution in [2.24, 2.45) is 0 Å². The Morgan fingerprint density at radius 3 is 2.39 bits per heavy atom. The summed E-state index contributed by atoms with van der Waals surface area (Å²) in [5, 5.41) is 0. The molecule has 0 saturated carbocycles. The number of carbonyl (C=O) groups excluding carboxylic acids is 2. The van der Waals surface area contributed by atoms with E-state index in [1.165, 1.54) is 5.56 Å². The van der Waals surface area contributed by atoms with Gasteiger partial charge < -0.3 is 14.5 Å². The average Bonchev–Trinajstić information content (AvgIpc) is 2.99. The summed E-state index contributed by atoms with van der Waals surface area (Å²) in [4.78, 5) is 29.2. The first kappa shape index (κ1) is 22.7. The van der Waals surface area contributed by atoms with Gasteiger partial charge in [-0.1, -0.05) is 48.0 Å². The molecule has 5 heteroatoms. The second-order valence-electron chi connectivity index (χ2n) is 8.36. The third-order valence-corrected chi connectivity index (χ3v) is 6.11. The van der Waals surface area contributed by atoms with Crippen LogP contribution < -0.4 is 4.90 Å². The van der Waals surface area contributed by atoms with Gasteiger partial charge in [-0.25, -0.2) is 0 Å². The number of aryl methyl sites for hydroxylation is 1. The minimum absolute atomic E-state index is 0.0369. The minimum atomic E-state index is -0.0473. The lowest BCUT2D eigenvalue weighted by Crippen LogP contribution is -2.32. The van der Waals surface area contributed by atoms with Crippen molar-refractivity contribution in [3.63, 3.8) is 0 Å². The zero-order valence-electron chi connectivity index (χ0n) is 19.5. The number of hydrogen-bond donors (Lipinski definition) is 0. The molecule has 0 radical (unpaired) electrons. The normalized spacial score (nSPS) is 13.4. The van der Waals surface area contributed by atoms with Crippen LogP contribution >= 0.6 is 0 Å². The Bertz CT molecular complexity index is 1150. The van der Waals surface area contributed by atoms with Crippen LogP contribution in [0.25, 0.3) is 11.1 Å². The molecule has 0 unspecified atom stereocenters. The maximum Gasteiger partial charge on any atom is 0.253 e. The van der Waals surface area contributed by atoms with Gasteiger partial charge in [-0.15, -0.1) is 0 Å². The van der Waals surface area contributed by atoms with E-state index in [9.17, 15) is 9.59 Å². The first-order chi connectivity index (χ1) is 16.0. The molecule has 1 heterocycles. The third kappa shape index (κ3) is 4.99. The summed E-state index contributed by atoms with van der Waals surface area (Å²) >= 11 is 0. The molecule has 0 aliphatic carbocycles. The Hall–Kier alpha value is -3.44. The Morgan fingerprint density at radius 2 is 1.67 bits per heavy atom. The van der Waals surface area contributed by atoms with Crippen LogP contribution in [0.15, 0.2) is 66.7 Å². The Labute approximate surface area is 195 Å². The molecule has 1 aliphatic rings. The maximum absolute atomic E-state index is 12.8. The molecule has 4 rings (SSSR count). The zero-order valence-corrected chi connectivity index (χ0v) is 19.5. The molecule has 33 heavy (non-hydrogen) atoms. The van der Waals surface area contributed by atoms with Crippen molar-refractivity contribution < 1.29 is 14.3 Å². The lowest BCUT2D eigenvalue weighted by molar-refractivity contribution is -0.123. The van der Waals surface area contributed by atoms with Crippen LogP contribution in [0.1, 0.15) is 40.9 Å². The SMILES string of the molecule is CCN(CC)C(=O)c1cccc(-c2ccc3c(c2)COCC(=O)N3Cc2ccc(C)cc2)c1. The van der Waals surface area contributed by atoms with Crippen LogP contribution in [-0.4, -0.2) is 36.4 Å². The van der Waals surface area contributed by atoms with E-state index in [4.69, 9.17) is 4.74 Å². The molecule has 0 bridgehead atoms. The van der Waals surface area contributed by atoms with E-state index in [0.29, 0.717) is 31.8 Å². The van der Waals surface area contributed by atoms with E-state index in [1.54, 1.807) is 4.90 Å². The molecule has 0 atom stereocenters. The van der Waals surface area contributed by atoms with Gasteiger partial charge in [0, 0.05) is 29.9 Å². The minimum Gasteiger partial charge on any atom is -0.367 e. The van der Waals surface area contributed by atoms with E-state index in [0.717, 1.165) is 27.9 Å². The molecule has 0 fully saturated rings. The van der Waals surface area contributed by atoms with Gasteiger partial charge in [0.2, 0.25) is 0 Å². The molecular formula is C28H30N2O3. The van der Waals surface area contributed by atoms with E-state index in [2.05, 4.69) is 37.3 Å². The van der Waals surface area contributed by atoms with Crippen molar-refractivity contribution in [3.05, 3.63) is 89.0 Å². The van der Waals surface area contributed by atoms with Gasteiger partial charge in [-0.2, -0.15) is 0 Å². The highest BCUT2D eigenvalue weighted by Gasteiger charge is 2.23. The predicted octanol–water partition coefficient (Wildman–Crippen LogP) is 5.21. The Balaban J connectivity index is 1.66. The summed E-state index contributed by atoms with van der Waals surface area (Å²) < 4.78 is 5.68. The highest BCUT2D eigenvalue weighted by atomic mass is 16.5. The number of hydrogen-bond acceptors (Lipinski definition) is 3. The lowest BCUT2D eigenvalue weighted by atomic mass is 9.99. The number of rotatable bonds is 6. The molecule has 3 aromatic rings. The number of fused-ring (bicyclic) bond motifs is 1. The average molecular weight is 443 g/mol. The van der Waals surface area contributed by atoms with Crippen molar-refractivity contribution in [1.82, 2.24) is 4.90 Å². The molecular weight excluding hydrogens is 412 g/mol. The van der Waals surface area contributed by atoms with Crippen LogP contribution in [-0.2, 0) is 22.7 Å². The predicted molar refractivity (Wildman–Crippen MR) is 131 cm³/mol. The van der Waals surface area contributed by atoms with E-state index >= 15 is 0 Å². The molecule has 3 aromatic carbocycles. The zero-order chi connectivity index (χ0) is 23.4. The Morgan fingerprint density at radius 1 is 0.939 bits per heavy atom. The summed E-state index contributed by atoms with van der Waals surface area (Å²) in [6, 6.07) is 22.0. The first-order valence-electron chi connectivity index (χ1n) is 11.5. The number of ether oxygens (including phenoxy) is 1. The maximum atomic E-state index is 12.8. The summed E-state index contributed by atoms with van der Waals surface area (Å²) in [7, 11) is 0. The smallest absolute Gasteiger partial charge is 0.253 e. The summed E-state index contributed by atoms with van der Waals surface area (Å²) in [6.45, 7) is 8.32. The number of carbonyl (C=O) groups is 2. The van der Waals surface area contributed by atoms with Crippen LogP contribution in [0.4, 0.5) is 5.69 Å². The molecule has 1 aliphatic heterocycles. The summed E-state index contributed by atoms with van der Waals surface area (Å²) in [6.07, 6.45) is 0. The Kier molecular flexibility index (Phi) is 6.90. The van der Waals surface area contributed by atoms with Gasteiger partial charge >= 0.3 is 0 Å². The van der Waals surface area contributed by atoms with Crippen molar-refractivity contribution in [3.8, 4) is 11.1 Å². The number of benzene rings is 3. The molecule has 2 amide bonds. The third-order valence-electron chi connectivity index (χ3n) is 6.11. The second-order valence-corrected chi connectivity index (χ2v) is 8.36. The fourth-order valence-electron chi connectivity index (χ4n) is 4.18. The summed E-state index contributed by atoms with van der Waals surface area (Å²) in [5.41, 5.74) is 6.75. The number of nitrogens with zero attached hydrogens (tertiary/aromatic N) is 2. The highest BCUT2D eigenvalue weighted by Crippen LogP contribution is 2.31. The fraction of sp³-hybridized carbons (Fsp3) is 0.286. The first-order valence-corrected chi connectivity index (χ1v) is 11.5. The van der Waals surface area contributed by atoms with Gasteiger partial charge in [0.1, 0.15) is 6.61 Å². The van der Waals surface area contributed by atoms with E-state index in [1.807, 2.05) is 55.1 Å². The van der Waals surface area contributed by atoms with Crippen LogP contribution in [0.2, 0.25) is 0 Å². The molecule has 5 nitrogen and oxygen atoms in total. The van der Waals surface area contributed by atoms with E-state index < -0.39 is 0 Å². The standard InChI is InChI=1S/C28H30N2O3/c1-4-29(5-2)28(32)24-8-6-7-22(15-24)23-13-14-26-25(16-23)18-33-19-27(31)30(26)17-21-11-9-20(3)10-12-21/h6-16H,4-5,17-19H2,1-3H3. The van der Waals surface area contributed by atoms with Crippen molar-refractivity contribution >= 4 is 17.5 Å². The highest BCUT2D eigenvalue weighted by molar-refractivity contribution is 5.97. The van der Waals surface area contributed by atoms with Crippen LogP contribution in [0, 0.1) is 6.92 Å². The molecule has 0 spiro atoms. The fourth-order valence-corrected chi connectivity index (χ4v) is 4.18. The quantitative estimate of drug-likeness (QED) is 0.527. The van der Waals surface area contributed by atoms with Crippen LogP contribution in [0.5, 0.6) is 0 Å². The van der Waals surface area contributed by atoms with E-state index in [-0.39, 0.29) is 18.4 Å². The molecule has 0 N–H and O–H groups in total. The van der Waals surface area contributed by atoms with Crippen molar-refractivity contribution in [1.29, 1.82) is 0 Å². The monoisotopic (exact) mass is 442 g/mol. The van der Waals surface area contributed by atoms with Crippen molar-refractivity contribution in [2.45, 2.75) is 33.9 Å². The number of anilines is 1. The van der Waals surface area contributed by atoms with Gasteiger partial charge in [0.15, 0.2) is 0 Å². The molecule has 0 aromatic heterocycles.